The van der Waals surface area contributed by atoms with Crippen LogP contribution in [0.2, 0.25) is 0 Å². The SMILES string of the molecule is C=C(C)CC(CCNC(=O)OCC)(N[S@](=O)C(C)(C)C)c1ccccc1. The van der Waals surface area contributed by atoms with Crippen LogP contribution in [0.15, 0.2) is 42.5 Å². The molecule has 0 aromatic heterocycles. The van der Waals surface area contributed by atoms with E-state index in [2.05, 4.69) is 16.6 Å². The van der Waals surface area contributed by atoms with E-state index in [1.807, 2.05) is 58.0 Å². The first-order chi connectivity index (χ1) is 12.1. The highest BCUT2D eigenvalue weighted by Crippen LogP contribution is 2.33. The molecule has 1 aromatic rings. The molecule has 0 saturated carbocycles. The molecule has 1 rings (SSSR count). The number of carbonyl (C=O) groups excluding carboxylic acids is 1. The zero-order valence-electron chi connectivity index (χ0n) is 16.6. The van der Waals surface area contributed by atoms with Crippen LogP contribution in [0.25, 0.3) is 0 Å². The molecule has 1 aromatic carbocycles. The van der Waals surface area contributed by atoms with Crippen molar-refractivity contribution in [2.24, 2.45) is 0 Å². The van der Waals surface area contributed by atoms with Crippen molar-refractivity contribution in [1.29, 1.82) is 0 Å². The highest BCUT2D eigenvalue weighted by molar-refractivity contribution is 7.84. The molecule has 0 aliphatic rings. The molecule has 0 saturated heterocycles. The third-order valence-electron chi connectivity index (χ3n) is 3.87. The molecule has 2 atom stereocenters. The molecule has 146 valence electrons. The number of hydrogen-bond donors (Lipinski definition) is 2. The minimum absolute atomic E-state index is 0.327. The number of carbonyl (C=O) groups is 1. The highest BCUT2D eigenvalue weighted by Gasteiger charge is 2.36. The number of nitrogens with one attached hydrogen (secondary N) is 2. The van der Waals surface area contributed by atoms with Gasteiger partial charge in [0.15, 0.2) is 0 Å². The van der Waals surface area contributed by atoms with Gasteiger partial charge >= 0.3 is 6.09 Å². The van der Waals surface area contributed by atoms with Gasteiger partial charge in [-0.1, -0.05) is 35.9 Å². The quantitative estimate of drug-likeness (QED) is 0.636. The van der Waals surface area contributed by atoms with E-state index >= 15 is 0 Å². The topological polar surface area (TPSA) is 67.4 Å². The second-order valence-corrected chi connectivity index (χ2v) is 9.43. The Kier molecular flexibility index (Phi) is 8.50. The summed E-state index contributed by atoms with van der Waals surface area (Å²) in [6.07, 6.45) is 0.732. The molecule has 0 bridgehead atoms. The van der Waals surface area contributed by atoms with Crippen LogP contribution >= 0.6 is 0 Å². The Hall–Kier alpha value is -1.66. The number of alkyl carbamates (subject to hydrolysis) is 1. The summed E-state index contributed by atoms with van der Waals surface area (Å²) in [5.41, 5.74) is 1.40. The predicted octanol–water partition coefficient (Wildman–Crippen LogP) is 4.04. The van der Waals surface area contributed by atoms with E-state index in [-0.39, 0.29) is 0 Å². The first-order valence-electron chi connectivity index (χ1n) is 8.91. The van der Waals surface area contributed by atoms with Gasteiger partial charge in [0.2, 0.25) is 0 Å². The summed E-state index contributed by atoms with van der Waals surface area (Å²) >= 11 is 0. The second kappa shape index (κ2) is 9.88. The lowest BCUT2D eigenvalue weighted by molar-refractivity contribution is 0.151. The fraction of sp³-hybridized carbons (Fsp3) is 0.550. The van der Waals surface area contributed by atoms with Gasteiger partial charge < -0.3 is 10.1 Å². The average Bonchev–Trinajstić information content (AvgIpc) is 2.54. The molecular weight excluding hydrogens is 348 g/mol. The normalized spacial score (nSPS) is 15.0. The Labute approximate surface area is 160 Å². The molecule has 6 heteroatoms. The lowest BCUT2D eigenvalue weighted by atomic mass is 9.82. The van der Waals surface area contributed by atoms with Crippen LogP contribution in [0.1, 0.15) is 53.0 Å². The molecule has 1 unspecified atom stereocenters. The maximum atomic E-state index is 12.9. The van der Waals surface area contributed by atoms with Gasteiger partial charge in [0, 0.05) is 6.54 Å². The molecule has 0 heterocycles. The van der Waals surface area contributed by atoms with E-state index in [0.29, 0.717) is 26.0 Å². The molecule has 0 aliphatic heterocycles. The monoisotopic (exact) mass is 380 g/mol. The first kappa shape index (κ1) is 22.4. The van der Waals surface area contributed by atoms with Crippen LogP contribution in [0.4, 0.5) is 4.79 Å². The van der Waals surface area contributed by atoms with Crippen LogP contribution in [0, 0.1) is 0 Å². The maximum Gasteiger partial charge on any atom is 0.407 e. The predicted molar refractivity (Wildman–Crippen MR) is 108 cm³/mol. The van der Waals surface area contributed by atoms with Gasteiger partial charge in [0.05, 0.1) is 27.9 Å². The van der Waals surface area contributed by atoms with Crippen molar-refractivity contribution < 1.29 is 13.7 Å². The third kappa shape index (κ3) is 6.92. The average molecular weight is 381 g/mol. The zero-order valence-corrected chi connectivity index (χ0v) is 17.4. The first-order valence-corrected chi connectivity index (χ1v) is 10.1. The number of amides is 1. The summed E-state index contributed by atoms with van der Waals surface area (Å²) in [6, 6.07) is 9.90. The van der Waals surface area contributed by atoms with Crippen molar-refractivity contribution in [3.05, 3.63) is 48.0 Å². The van der Waals surface area contributed by atoms with Crippen molar-refractivity contribution in [2.45, 2.75) is 57.7 Å². The fourth-order valence-electron chi connectivity index (χ4n) is 2.64. The molecule has 0 aliphatic carbocycles. The van der Waals surface area contributed by atoms with Gasteiger partial charge in [-0.2, -0.15) is 0 Å². The summed E-state index contributed by atoms with van der Waals surface area (Å²) in [6.45, 7) is 14.3. The molecule has 0 fully saturated rings. The van der Waals surface area contributed by atoms with Crippen LogP contribution < -0.4 is 10.0 Å². The summed E-state index contributed by atoms with van der Waals surface area (Å²) in [4.78, 5) is 11.6. The van der Waals surface area contributed by atoms with Gasteiger partial charge in [-0.3, -0.25) is 0 Å². The molecule has 0 radical (unpaired) electrons. The van der Waals surface area contributed by atoms with Crippen LogP contribution in [-0.2, 0) is 21.3 Å². The van der Waals surface area contributed by atoms with Gasteiger partial charge in [-0.05, 0) is 53.0 Å². The number of hydrogen-bond acceptors (Lipinski definition) is 3. The van der Waals surface area contributed by atoms with E-state index < -0.39 is 27.4 Å². The van der Waals surface area contributed by atoms with Gasteiger partial charge in [-0.25, -0.2) is 13.7 Å². The van der Waals surface area contributed by atoms with Crippen LogP contribution in [0.3, 0.4) is 0 Å². The van der Waals surface area contributed by atoms with Gasteiger partial charge in [-0.15, -0.1) is 6.58 Å². The van der Waals surface area contributed by atoms with Gasteiger partial charge in [0.1, 0.15) is 0 Å². The van der Waals surface area contributed by atoms with Crippen molar-refractivity contribution in [1.82, 2.24) is 10.0 Å². The summed E-state index contributed by atoms with van der Waals surface area (Å²) < 4.78 is 20.8. The molecule has 2 N–H and O–H groups in total. The Morgan fingerprint density at radius 3 is 2.35 bits per heavy atom. The lowest BCUT2D eigenvalue weighted by Crippen LogP contribution is -2.49. The minimum atomic E-state index is -1.28. The highest BCUT2D eigenvalue weighted by atomic mass is 32.2. The standard InChI is InChI=1S/C20H32N2O3S/c1-7-25-18(23)21-14-13-20(15-16(2)3,17-11-9-8-10-12-17)22-26(24)19(4,5)6/h8-12,22H,2,7,13-15H2,1,3-6H3,(H,21,23)/t20?,26-/m1/s1. The molecule has 0 spiro atoms. The molecule has 5 nitrogen and oxygen atoms in total. The van der Waals surface area contributed by atoms with Crippen LogP contribution in [-0.4, -0.2) is 28.2 Å². The summed E-state index contributed by atoms with van der Waals surface area (Å²) in [7, 11) is -1.28. The van der Waals surface area contributed by atoms with Crippen LogP contribution in [0.5, 0.6) is 0 Å². The molecule has 1 amide bonds. The number of ether oxygens (including phenoxy) is 1. The van der Waals surface area contributed by atoms with E-state index in [9.17, 15) is 9.00 Å². The minimum Gasteiger partial charge on any atom is -0.450 e. The molecular formula is C20H32N2O3S. The zero-order chi connectivity index (χ0) is 19.8. The Bertz CT molecular complexity index is 626. The largest absolute Gasteiger partial charge is 0.450 e. The lowest BCUT2D eigenvalue weighted by Gasteiger charge is -2.37. The van der Waals surface area contributed by atoms with Crippen molar-refractivity contribution >= 4 is 17.1 Å². The number of rotatable bonds is 9. The molecule has 26 heavy (non-hydrogen) atoms. The number of benzene rings is 1. The van der Waals surface area contributed by atoms with E-state index in [0.717, 1.165) is 11.1 Å². The van der Waals surface area contributed by atoms with Gasteiger partial charge in [0.25, 0.3) is 0 Å². The summed E-state index contributed by atoms with van der Waals surface area (Å²) in [5.74, 6) is 0. The van der Waals surface area contributed by atoms with E-state index in [4.69, 9.17) is 4.74 Å². The Morgan fingerprint density at radius 2 is 1.85 bits per heavy atom. The third-order valence-corrected chi connectivity index (χ3v) is 5.56. The smallest absolute Gasteiger partial charge is 0.407 e. The maximum absolute atomic E-state index is 12.9. The van der Waals surface area contributed by atoms with E-state index in [1.165, 1.54) is 0 Å². The van der Waals surface area contributed by atoms with Crippen molar-refractivity contribution in [2.75, 3.05) is 13.2 Å². The summed E-state index contributed by atoms with van der Waals surface area (Å²) in [5, 5.41) is 2.76. The van der Waals surface area contributed by atoms with Crippen molar-refractivity contribution in [3.63, 3.8) is 0 Å². The Balaban J connectivity index is 3.15. The Morgan fingerprint density at radius 1 is 1.23 bits per heavy atom. The second-order valence-electron chi connectivity index (χ2n) is 7.46. The van der Waals surface area contributed by atoms with E-state index in [1.54, 1.807) is 6.92 Å². The van der Waals surface area contributed by atoms with Crippen molar-refractivity contribution in [3.8, 4) is 0 Å². The fourth-order valence-corrected chi connectivity index (χ4v) is 3.60.